The van der Waals surface area contributed by atoms with Crippen LogP contribution in [-0.2, 0) is 28.4 Å². The van der Waals surface area contributed by atoms with Gasteiger partial charge in [0.25, 0.3) is 0 Å². The summed E-state index contributed by atoms with van der Waals surface area (Å²) in [5, 5.41) is 140. The third-order valence-electron chi connectivity index (χ3n) is 17.9. The van der Waals surface area contributed by atoms with Gasteiger partial charge in [0, 0.05) is 0 Å². The average Bonchev–Trinajstić information content (AvgIpc) is 3.64. The molecule has 4 aliphatic carbocycles. The molecule has 0 aromatic carbocycles. The van der Waals surface area contributed by atoms with Crippen molar-refractivity contribution in [1.82, 2.24) is 0 Å². The van der Waals surface area contributed by atoms with Crippen LogP contribution in [-0.4, -0.2) is 202 Å². The van der Waals surface area contributed by atoms with Gasteiger partial charge in [-0.25, -0.2) is 0 Å². The molecule has 26 atom stereocenters. The molecular formula is C47H80O19. The fourth-order valence-corrected chi connectivity index (χ4v) is 14.5. The van der Waals surface area contributed by atoms with Crippen molar-refractivity contribution in [3.05, 3.63) is 11.6 Å². The van der Waals surface area contributed by atoms with Crippen molar-refractivity contribution in [3.63, 3.8) is 0 Å². The Kier molecular flexibility index (Phi) is 15.9. The number of aliphatic hydroxyl groups excluding tert-OH is 13. The molecule has 0 aromatic heterocycles. The van der Waals surface area contributed by atoms with Crippen LogP contribution in [0.5, 0.6) is 0 Å². The predicted octanol–water partition coefficient (Wildman–Crippen LogP) is -1.45. The van der Waals surface area contributed by atoms with Crippen LogP contribution in [0.4, 0.5) is 0 Å². The summed E-state index contributed by atoms with van der Waals surface area (Å²) < 4.78 is 36.2. The van der Waals surface area contributed by atoms with Crippen molar-refractivity contribution in [2.75, 3.05) is 19.8 Å². The van der Waals surface area contributed by atoms with Gasteiger partial charge < -0.3 is 94.8 Å². The molecule has 0 radical (unpaired) electrons. The van der Waals surface area contributed by atoms with E-state index in [4.69, 9.17) is 28.4 Å². The lowest BCUT2D eigenvalue weighted by atomic mass is 9.39. The zero-order chi connectivity index (χ0) is 48.6. The van der Waals surface area contributed by atoms with E-state index in [1.807, 2.05) is 34.6 Å². The molecular weight excluding hydrogens is 868 g/mol. The summed E-state index contributed by atoms with van der Waals surface area (Å²) in [6, 6.07) is 0. The highest BCUT2D eigenvalue weighted by Crippen LogP contribution is 2.71. The molecule has 0 spiro atoms. The largest absolute Gasteiger partial charge is 0.394 e. The zero-order valence-electron chi connectivity index (χ0n) is 39.4. The fraction of sp³-hybridized carbons (Fsp3) is 0.957. The molecule has 0 amide bonds. The minimum absolute atomic E-state index is 0.0100. The van der Waals surface area contributed by atoms with E-state index in [1.54, 1.807) is 0 Å². The molecule has 13 N–H and O–H groups in total. The van der Waals surface area contributed by atoms with Gasteiger partial charge in [0.15, 0.2) is 18.9 Å². The number of allylic oxidation sites excluding steroid dienone is 2. The highest BCUT2D eigenvalue weighted by atomic mass is 16.7. The van der Waals surface area contributed by atoms with E-state index in [2.05, 4.69) is 19.9 Å². The number of hydrogen-bond donors (Lipinski definition) is 13. The number of aliphatic hydroxyl groups is 13. The van der Waals surface area contributed by atoms with Crippen LogP contribution in [0, 0.1) is 45.8 Å². The average molecular weight is 949 g/mol. The standard InChI is InChI=1S/C47H80O19/c1-20(2)9-8-13-47(7,66-43-39(60)36(57)33(54)28(64-43)19-61-41-37(58)34(55)31(52)26(17-48)62-41)22-12-14-45(5)21-10-11-29-44(3,4)40(65-42-38(59)35(56)32(53)27(18-49)63-42)25(51)16-46(29,6)23(21)15-24(50)30(22)45/h9,21-43,48-60H,8,10-19H2,1-7H3/t21-,22+,23+,24-,25-,26-,27-,28-,29+,30+,31-,32-,33-,34+,35+,36+,37-,38-,39-,40+,41-,42+,43+,45+,46-,47+/m1/s1. The maximum Gasteiger partial charge on any atom is 0.187 e. The monoisotopic (exact) mass is 949 g/mol. The lowest BCUT2D eigenvalue weighted by molar-refractivity contribution is -0.350. The first-order valence-corrected chi connectivity index (χ1v) is 24.1. The second-order valence-electron chi connectivity index (χ2n) is 22.5. The lowest BCUT2D eigenvalue weighted by Gasteiger charge is -2.67. The van der Waals surface area contributed by atoms with Crippen molar-refractivity contribution in [2.45, 2.75) is 216 Å². The second kappa shape index (κ2) is 19.9. The van der Waals surface area contributed by atoms with Gasteiger partial charge in [0.05, 0.1) is 43.7 Å². The Morgan fingerprint density at radius 2 is 1.18 bits per heavy atom. The van der Waals surface area contributed by atoms with Crippen LogP contribution in [0.3, 0.4) is 0 Å². The first kappa shape index (κ1) is 52.8. The van der Waals surface area contributed by atoms with Crippen LogP contribution < -0.4 is 0 Å². The van der Waals surface area contributed by atoms with Gasteiger partial charge in [-0.05, 0) is 118 Å². The molecule has 4 saturated carbocycles. The molecule has 7 fully saturated rings. The highest BCUT2D eigenvalue weighted by molar-refractivity contribution is 5.18. The number of hydrogen-bond acceptors (Lipinski definition) is 19. The number of fused-ring (bicyclic) bond motifs is 5. The summed E-state index contributed by atoms with van der Waals surface area (Å²) in [7, 11) is 0. The van der Waals surface area contributed by atoms with Crippen LogP contribution in [0.15, 0.2) is 11.6 Å². The molecule has 19 nitrogen and oxygen atoms in total. The summed E-state index contributed by atoms with van der Waals surface area (Å²) in [5.74, 6) is -0.321. The molecule has 0 bridgehead atoms. The van der Waals surface area contributed by atoms with Gasteiger partial charge in [-0.15, -0.1) is 0 Å². The Morgan fingerprint density at radius 1 is 0.636 bits per heavy atom. The maximum atomic E-state index is 12.6. The predicted molar refractivity (Wildman–Crippen MR) is 230 cm³/mol. The van der Waals surface area contributed by atoms with E-state index in [1.165, 1.54) is 0 Å². The first-order valence-electron chi connectivity index (χ1n) is 24.1. The first-order chi connectivity index (χ1) is 30.9. The Morgan fingerprint density at radius 3 is 1.77 bits per heavy atom. The second-order valence-corrected chi connectivity index (χ2v) is 22.5. The third-order valence-corrected chi connectivity index (χ3v) is 17.9. The smallest absolute Gasteiger partial charge is 0.187 e. The Bertz CT molecular complexity index is 1660. The molecule has 0 unspecified atom stereocenters. The normalized spacial score (nSPS) is 52.4. The SMILES string of the molecule is CC(C)=CCC[C@](C)(O[C@@H]1O[C@H](CO[C@@H]2O[C@H](CO)[C@@H](O)[C@H](O)[C@H]2O)[C@@H](O)[C@H](O)[C@H]1O)[C@H]1CC[C@]2(C)[C@@H]1[C@H](O)C[C@H]1[C@H]2CC[C@H]2C(C)(C)[C@@H](O[C@@H]3O[C@H](CO)[C@@H](O)[C@H](O)[C@H]3O)[C@H](O)C[C@]12C. The van der Waals surface area contributed by atoms with Gasteiger partial charge in [0.1, 0.15) is 73.2 Å². The van der Waals surface area contributed by atoms with Crippen LogP contribution in [0.2, 0.25) is 0 Å². The van der Waals surface area contributed by atoms with E-state index in [9.17, 15) is 66.4 Å². The molecule has 7 rings (SSSR count). The molecule has 382 valence electrons. The fourth-order valence-electron chi connectivity index (χ4n) is 14.5. The number of ether oxygens (including phenoxy) is 6. The van der Waals surface area contributed by atoms with E-state index in [0.717, 1.165) is 24.8 Å². The van der Waals surface area contributed by atoms with Crippen molar-refractivity contribution >= 4 is 0 Å². The van der Waals surface area contributed by atoms with Gasteiger partial charge in [-0.1, -0.05) is 39.3 Å². The van der Waals surface area contributed by atoms with Crippen molar-refractivity contribution in [2.24, 2.45) is 45.8 Å². The van der Waals surface area contributed by atoms with Crippen LogP contribution in [0.1, 0.15) is 99.8 Å². The third kappa shape index (κ3) is 9.22. The lowest BCUT2D eigenvalue weighted by Crippen LogP contribution is -2.67. The molecule has 19 heteroatoms. The minimum atomic E-state index is -1.74. The molecule has 3 heterocycles. The Hall–Kier alpha value is -1.02. The molecule has 0 aromatic rings. The highest BCUT2D eigenvalue weighted by Gasteiger charge is 2.69. The van der Waals surface area contributed by atoms with Gasteiger partial charge >= 0.3 is 0 Å². The van der Waals surface area contributed by atoms with E-state index >= 15 is 0 Å². The minimum Gasteiger partial charge on any atom is -0.394 e. The number of rotatable bonds is 13. The van der Waals surface area contributed by atoms with Crippen LogP contribution >= 0.6 is 0 Å². The summed E-state index contributed by atoms with van der Waals surface area (Å²) in [6.07, 6.45) is -18.6. The van der Waals surface area contributed by atoms with Crippen LogP contribution in [0.25, 0.3) is 0 Å². The van der Waals surface area contributed by atoms with Gasteiger partial charge in [-0.2, -0.15) is 0 Å². The zero-order valence-corrected chi connectivity index (χ0v) is 39.4. The van der Waals surface area contributed by atoms with Crippen molar-refractivity contribution < 1.29 is 94.8 Å². The van der Waals surface area contributed by atoms with Gasteiger partial charge in [-0.3, -0.25) is 0 Å². The van der Waals surface area contributed by atoms with Gasteiger partial charge in [0.2, 0.25) is 0 Å². The molecule has 3 saturated heterocycles. The van der Waals surface area contributed by atoms with Crippen molar-refractivity contribution in [1.29, 1.82) is 0 Å². The quantitative estimate of drug-likeness (QED) is 0.0742. The Labute approximate surface area is 387 Å². The van der Waals surface area contributed by atoms with E-state index in [-0.39, 0.29) is 35.0 Å². The summed E-state index contributed by atoms with van der Waals surface area (Å²) in [6.45, 7) is 12.7. The summed E-state index contributed by atoms with van der Waals surface area (Å²) in [4.78, 5) is 0. The Balaban J connectivity index is 1.10. The molecule has 66 heavy (non-hydrogen) atoms. The summed E-state index contributed by atoms with van der Waals surface area (Å²) in [5.41, 5.74) is -1.44. The summed E-state index contributed by atoms with van der Waals surface area (Å²) >= 11 is 0. The van der Waals surface area contributed by atoms with E-state index < -0.39 is 147 Å². The van der Waals surface area contributed by atoms with Crippen molar-refractivity contribution in [3.8, 4) is 0 Å². The topological polar surface area (TPSA) is 318 Å². The van der Waals surface area contributed by atoms with E-state index in [0.29, 0.717) is 32.1 Å². The maximum absolute atomic E-state index is 12.6. The molecule has 7 aliphatic rings. The molecule has 3 aliphatic heterocycles.